The lowest BCUT2D eigenvalue weighted by atomic mass is 10.2. The van der Waals surface area contributed by atoms with Crippen LogP contribution in [0.5, 0.6) is 5.75 Å². The topological polar surface area (TPSA) is 33.0 Å². The number of hydrogen-bond donors (Lipinski definition) is 0. The second kappa shape index (κ2) is 5.77. The Bertz CT molecular complexity index is 567. The summed E-state index contributed by atoms with van der Waals surface area (Å²) in [6.07, 6.45) is 0. The lowest BCUT2D eigenvalue weighted by molar-refractivity contribution is 0.306. The predicted octanol–water partition coefficient (Wildman–Crippen LogP) is 4.44. The summed E-state index contributed by atoms with van der Waals surface area (Å²) in [6.45, 7) is 0.381. The molecule has 2 aromatic carbocycles. The van der Waals surface area contributed by atoms with Gasteiger partial charge in [0.05, 0.1) is 21.7 Å². The van der Waals surface area contributed by atoms with E-state index in [1.165, 1.54) is 12.1 Å². The van der Waals surface area contributed by atoms with Crippen LogP contribution in [-0.4, -0.2) is 0 Å². The van der Waals surface area contributed by atoms with E-state index in [0.717, 1.165) is 5.56 Å². The molecule has 0 saturated carbocycles. The Morgan fingerprint density at radius 3 is 2.22 bits per heavy atom. The number of rotatable bonds is 3. The van der Waals surface area contributed by atoms with Gasteiger partial charge in [-0.1, -0.05) is 53.5 Å². The first-order chi connectivity index (χ1) is 8.70. The summed E-state index contributed by atoms with van der Waals surface area (Å²) in [5.41, 5.74) is 1.44. The maximum Gasteiger partial charge on any atom is 0.157 e. The Morgan fingerprint density at radius 2 is 1.67 bits per heavy atom. The highest BCUT2D eigenvalue weighted by Crippen LogP contribution is 2.34. The van der Waals surface area contributed by atoms with Gasteiger partial charge in [0.25, 0.3) is 0 Å². The third-order valence-electron chi connectivity index (χ3n) is 2.35. The summed E-state index contributed by atoms with van der Waals surface area (Å²) < 4.78 is 5.58. The molecule has 0 amide bonds. The van der Waals surface area contributed by atoms with Crippen molar-refractivity contribution in [3.05, 3.63) is 63.6 Å². The summed E-state index contributed by atoms with van der Waals surface area (Å²) in [7, 11) is 0. The molecule has 2 aromatic rings. The van der Waals surface area contributed by atoms with Crippen LogP contribution in [0.15, 0.2) is 42.5 Å². The quantitative estimate of drug-likeness (QED) is 0.831. The number of ether oxygens (including phenoxy) is 1. The molecule has 0 N–H and O–H groups in total. The minimum atomic E-state index is 0.343. The van der Waals surface area contributed by atoms with Gasteiger partial charge in [-0.05, 0) is 17.7 Å². The number of benzene rings is 2. The highest BCUT2D eigenvalue weighted by Gasteiger charge is 2.09. The van der Waals surface area contributed by atoms with E-state index in [0.29, 0.717) is 28.0 Å². The average molecular weight is 278 g/mol. The molecule has 0 aliphatic heterocycles. The van der Waals surface area contributed by atoms with Crippen LogP contribution in [0, 0.1) is 11.3 Å². The van der Waals surface area contributed by atoms with Gasteiger partial charge < -0.3 is 4.74 Å². The molecule has 0 fully saturated rings. The monoisotopic (exact) mass is 277 g/mol. The van der Waals surface area contributed by atoms with Crippen molar-refractivity contribution in [1.82, 2.24) is 0 Å². The van der Waals surface area contributed by atoms with Crippen molar-refractivity contribution in [3.8, 4) is 11.8 Å². The van der Waals surface area contributed by atoms with Crippen LogP contribution in [0.2, 0.25) is 10.0 Å². The molecule has 0 bridgehead atoms. The highest BCUT2D eigenvalue weighted by molar-refractivity contribution is 6.37. The smallest absolute Gasteiger partial charge is 0.157 e. The van der Waals surface area contributed by atoms with Gasteiger partial charge in [0.1, 0.15) is 6.61 Å². The first kappa shape index (κ1) is 12.8. The van der Waals surface area contributed by atoms with E-state index in [1.54, 1.807) is 0 Å². The zero-order valence-corrected chi connectivity index (χ0v) is 10.9. The van der Waals surface area contributed by atoms with E-state index in [2.05, 4.69) is 0 Å². The van der Waals surface area contributed by atoms with Crippen LogP contribution in [0.1, 0.15) is 11.1 Å². The molecule has 0 aliphatic rings. The van der Waals surface area contributed by atoms with Crippen molar-refractivity contribution in [2.75, 3.05) is 0 Å². The number of nitriles is 1. The van der Waals surface area contributed by atoms with Crippen molar-refractivity contribution in [1.29, 1.82) is 5.26 Å². The van der Waals surface area contributed by atoms with Crippen LogP contribution < -0.4 is 4.74 Å². The molecule has 0 unspecified atom stereocenters. The molecule has 0 heterocycles. The molecular formula is C14H9Cl2NO. The van der Waals surface area contributed by atoms with E-state index in [9.17, 15) is 0 Å². The van der Waals surface area contributed by atoms with Gasteiger partial charge in [-0.15, -0.1) is 0 Å². The van der Waals surface area contributed by atoms with Gasteiger partial charge in [-0.25, -0.2) is 0 Å². The minimum absolute atomic E-state index is 0.343. The Balaban J connectivity index is 2.18. The zero-order valence-electron chi connectivity index (χ0n) is 9.36. The van der Waals surface area contributed by atoms with E-state index < -0.39 is 0 Å². The standard InChI is InChI=1S/C14H9Cl2NO/c15-12-6-11(8-17)7-13(16)14(12)18-9-10-4-2-1-3-5-10/h1-7H,9H2. The van der Waals surface area contributed by atoms with Gasteiger partial charge in [0, 0.05) is 0 Å². The fourth-order valence-corrected chi connectivity index (χ4v) is 2.09. The first-order valence-corrected chi connectivity index (χ1v) is 6.02. The molecule has 0 radical (unpaired) electrons. The molecular weight excluding hydrogens is 269 g/mol. The van der Waals surface area contributed by atoms with Crippen LogP contribution in [0.3, 0.4) is 0 Å². The second-order valence-electron chi connectivity index (χ2n) is 3.66. The first-order valence-electron chi connectivity index (χ1n) is 5.26. The third kappa shape index (κ3) is 2.95. The Morgan fingerprint density at radius 1 is 1.06 bits per heavy atom. The van der Waals surface area contributed by atoms with Crippen molar-refractivity contribution < 1.29 is 4.74 Å². The van der Waals surface area contributed by atoms with Gasteiger partial charge in [0.15, 0.2) is 5.75 Å². The maximum atomic E-state index is 8.78. The van der Waals surface area contributed by atoms with Crippen LogP contribution in [0.4, 0.5) is 0 Å². The Labute approximate surface area is 115 Å². The summed E-state index contributed by atoms with van der Waals surface area (Å²) in [5, 5.41) is 9.46. The third-order valence-corrected chi connectivity index (χ3v) is 2.91. The van der Waals surface area contributed by atoms with Gasteiger partial charge in [-0.2, -0.15) is 5.26 Å². The molecule has 0 atom stereocenters. The summed E-state index contributed by atoms with van der Waals surface area (Å²) in [4.78, 5) is 0. The van der Waals surface area contributed by atoms with Crippen LogP contribution >= 0.6 is 23.2 Å². The predicted molar refractivity (Wildman–Crippen MR) is 72.0 cm³/mol. The molecule has 0 aromatic heterocycles. The Kier molecular flexibility index (Phi) is 4.09. The maximum absolute atomic E-state index is 8.78. The fraction of sp³-hybridized carbons (Fsp3) is 0.0714. The highest BCUT2D eigenvalue weighted by atomic mass is 35.5. The molecule has 18 heavy (non-hydrogen) atoms. The minimum Gasteiger partial charge on any atom is -0.486 e. The molecule has 0 spiro atoms. The second-order valence-corrected chi connectivity index (χ2v) is 4.47. The summed E-state index contributed by atoms with van der Waals surface area (Å²) in [6, 6.07) is 14.8. The van der Waals surface area contributed by atoms with E-state index in [4.69, 9.17) is 33.2 Å². The van der Waals surface area contributed by atoms with Gasteiger partial charge in [-0.3, -0.25) is 0 Å². The molecule has 2 rings (SSSR count). The van der Waals surface area contributed by atoms with E-state index in [-0.39, 0.29) is 0 Å². The van der Waals surface area contributed by atoms with E-state index >= 15 is 0 Å². The van der Waals surface area contributed by atoms with Crippen LogP contribution in [0.25, 0.3) is 0 Å². The Hall–Kier alpha value is -1.69. The molecule has 2 nitrogen and oxygen atoms in total. The summed E-state index contributed by atoms with van der Waals surface area (Å²) >= 11 is 12.0. The van der Waals surface area contributed by atoms with Crippen molar-refractivity contribution in [3.63, 3.8) is 0 Å². The lowest BCUT2D eigenvalue weighted by Crippen LogP contribution is -1.96. The van der Waals surface area contributed by atoms with Gasteiger partial charge >= 0.3 is 0 Å². The van der Waals surface area contributed by atoms with Crippen molar-refractivity contribution in [2.45, 2.75) is 6.61 Å². The van der Waals surface area contributed by atoms with Crippen LogP contribution in [-0.2, 0) is 6.61 Å². The molecule has 0 aliphatic carbocycles. The normalized spacial score (nSPS) is 9.83. The molecule has 4 heteroatoms. The van der Waals surface area contributed by atoms with E-state index in [1.807, 2.05) is 36.4 Å². The number of hydrogen-bond acceptors (Lipinski definition) is 2. The summed E-state index contributed by atoms with van der Waals surface area (Å²) in [5.74, 6) is 0.404. The molecule has 0 saturated heterocycles. The molecule has 90 valence electrons. The number of nitrogens with zero attached hydrogens (tertiary/aromatic N) is 1. The number of halogens is 2. The lowest BCUT2D eigenvalue weighted by Gasteiger charge is -2.10. The largest absolute Gasteiger partial charge is 0.486 e. The average Bonchev–Trinajstić information content (AvgIpc) is 2.38. The van der Waals surface area contributed by atoms with Crippen molar-refractivity contribution in [2.24, 2.45) is 0 Å². The SMILES string of the molecule is N#Cc1cc(Cl)c(OCc2ccccc2)c(Cl)c1. The van der Waals surface area contributed by atoms with Gasteiger partial charge in [0.2, 0.25) is 0 Å². The fourth-order valence-electron chi connectivity index (χ4n) is 1.49. The zero-order chi connectivity index (χ0) is 13.0. The van der Waals surface area contributed by atoms with Crippen molar-refractivity contribution >= 4 is 23.2 Å².